The van der Waals surface area contributed by atoms with E-state index in [-0.39, 0.29) is 0 Å². The van der Waals surface area contributed by atoms with Crippen molar-refractivity contribution in [3.63, 3.8) is 0 Å². The highest BCUT2D eigenvalue weighted by atomic mass is 15.1. The van der Waals surface area contributed by atoms with Crippen molar-refractivity contribution < 1.29 is 0 Å². The monoisotopic (exact) mass is 125 g/mol. The summed E-state index contributed by atoms with van der Waals surface area (Å²) < 4.78 is 0. The van der Waals surface area contributed by atoms with Crippen molar-refractivity contribution in [3.8, 4) is 0 Å². The van der Waals surface area contributed by atoms with Crippen LogP contribution in [0.15, 0.2) is 12.2 Å². The third-order valence-corrected chi connectivity index (χ3v) is 1.57. The van der Waals surface area contributed by atoms with Crippen LogP contribution in [0, 0.1) is 5.92 Å². The lowest BCUT2D eigenvalue weighted by Crippen LogP contribution is -1.98. The molecule has 1 heteroatoms. The van der Waals surface area contributed by atoms with Gasteiger partial charge < -0.3 is 5.32 Å². The lowest BCUT2D eigenvalue weighted by Gasteiger charge is -2.04. The van der Waals surface area contributed by atoms with Gasteiger partial charge in [-0.1, -0.05) is 26.0 Å². The molecule has 1 saturated heterocycles. The molecule has 0 spiro atoms. The van der Waals surface area contributed by atoms with Gasteiger partial charge in [0.25, 0.3) is 0 Å². The maximum atomic E-state index is 3.99. The maximum Gasteiger partial charge on any atom is 0.0404 e. The molecule has 0 aromatic heterocycles. The van der Waals surface area contributed by atoms with Gasteiger partial charge in [0, 0.05) is 12.6 Å². The van der Waals surface area contributed by atoms with E-state index in [1.165, 1.54) is 12.0 Å². The highest BCUT2D eigenvalue weighted by molar-refractivity contribution is 5.14. The quantitative estimate of drug-likeness (QED) is 0.448. The molecule has 0 amide bonds. The molecule has 0 aromatic carbocycles. The molecule has 52 valence electrons. The number of hydrogen-bond acceptors (Lipinski definition) is 1. The lowest BCUT2D eigenvalue weighted by atomic mass is 10.0. The van der Waals surface area contributed by atoms with Gasteiger partial charge in [-0.15, -0.1) is 0 Å². The van der Waals surface area contributed by atoms with Gasteiger partial charge in [-0.05, 0) is 12.3 Å². The summed E-state index contributed by atoms with van der Waals surface area (Å²) in [6.07, 6.45) is 1.18. The summed E-state index contributed by atoms with van der Waals surface area (Å²) in [6.45, 7) is 9.61. The number of rotatable bonds is 3. The van der Waals surface area contributed by atoms with Crippen molar-refractivity contribution >= 4 is 0 Å². The fourth-order valence-electron chi connectivity index (χ4n) is 1.01. The molecule has 1 heterocycles. The van der Waals surface area contributed by atoms with Crippen LogP contribution in [-0.2, 0) is 0 Å². The molecule has 0 radical (unpaired) electrons. The van der Waals surface area contributed by atoms with Gasteiger partial charge in [-0.3, -0.25) is 0 Å². The van der Waals surface area contributed by atoms with E-state index >= 15 is 0 Å². The Morgan fingerprint density at radius 3 is 2.67 bits per heavy atom. The highest BCUT2D eigenvalue weighted by Crippen LogP contribution is 2.17. The fraction of sp³-hybridized carbons (Fsp3) is 0.750. The SMILES string of the molecule is C=C(CC(C)C)C1CN1. The molecule has 1 nitrogen and oxygen atoms in total. The van der Waals surface area contributed by atoms with Crippen LogP contribution in [0.1, 0.15) is 20.3 Å². The van der Waals surface area contributed by atoms with E-state index in [2.05, 4.69) is 25.7 Å². The summed E-state index contributed by atoms with van der Waals surface area (Å²) in [5, 5.41) is 3.24. The maximum absolute atomic E-state index is 3.99. The summed E-state index contributed by atoms with van der Waals surface area (Å²) >= 11 is 0. The average Bonchev–Trinajstić information content (AvgIpc) is 2.40. The molecule has 1 rings (SSSR count). The molecule has 1 aliphatic rings. The first kappa shape index (κ1) is 6.81. The third kappa shape index (κ3) is 2.19. The Morgan fingerprint density at radius 2 is 2.33 bits per heavy atom. The van der Waals surface area contributed by atoms with Gasteiger partial charge in [0.05, 0.1) is 0 Å². The van der Waals surface area contributed by atoms with Crippen molar-refractivity contribution in [2.75, 3.05) is 6.54 Å². The van der Waals surface area contributed by atoms with Crippen LogP contribution in [0.2, 0.25) is 0 Å². The zero-order chi connectivity index (χ0) is 6.85. The topological polar surface area (TPSA) is 21.9 Å². The van der Waals surface area contributed by atoms with Gasteiger partial charge in [-0.25, -0.2) is 0 Å². The Bertz CT molecular complexity index is 112. The Kier molecular flexibility index (Phi) is 1.91. The minimum Gasteiger partial charge on any atom is -0.307 e. The smallest absolute Gasteiger partial charge is 0.0404 e. The number of hydrogen-bond donors (Lipinski definition) is 1. The standard InChI is InChI=1S/C8H15N/c1-6(2)4-7(3)8-5-9-8/h6,8-9H,3-5H2,1-2H3. The summed E-state index contributed by atoms with van der Waals surface area (Å²) in [5.41, 5.74) is 1.38. The van der Waals surface area contributed by atoms with Crippen LogP contribution in [0.25, 0.3) is 0 Å². The molecule has 0 aliphatic carbocycles. The van der Waals surface area contributed by atoms with E-state index in [0.29, 0.717) is 6.04 Å². The van der Waals surface area contributed by atoms with Crippen molar-refractivity contribution in [3.05, 3.63) is 12.2 Å². The zero-order valence-corrected chi connectivity index (χ0v) is 6.28. The van der Waals surface area contributed by atoms with E-state index in [0.717, 1.165) is 12.5 Å². The van der Waals surface area contributed by atoms with Crippen LogP contribution < -0.4 is 5.32 Å². The Labute approximate surface area is 57.1 Å². The Hall–Kier alpha value is -0.300. The minimum atomic E-state index is 0.660. The number of nitrogens with one attached hydrogen (secondary N) is 1. The normalized spacial score (nSPS) is 24.6. The van der Waals surface area contributed by atoms with Crippen LogP contribution in [0.5, 0.6) is 0 Å². The third-order valence-electron chi connectivity index (χ3n) is 1.57. The Morgan fingerprint density at radius 1 is 1.78 bits per heavy atom. The van der Waals surface area contributed by atoms with Crippen LogP contribution in [0.4, 0.5) is 0 Å². The molecule has 9 heavy (non-hydrogen) atoms. The first-order chi connectivity index (χ1) is 4.20. The fourth-order valence-corrected chi connectivity index (χ4v) is 1.01. The molecular weight excluding hydrogens is 110 g/mol. The predicted octanol–water partition coefficient (Wildman–Crippen LogP) is 1.56. The van der Waals surface area contributed by atoms with E-state index in [4.69, 9.17) is 0 Å². The van der Waals surface area contributed by atoms with E-state index < -0.39 is 0 Å². The molecule has 1 unspecified atom stereocenters. The second-order valence-electron chi connectivity index (χ2n) is 3.22. The van der Waals surface area contributed by atoms with Gasteiger partial charge in [0.15, 0.2) is 0 Å². The van der Waals surface area contributed by atoms with Gasteiger partial charge in [0.2, 0.25) is 0 Å². The minimum absolute atomic E-state index is 0.660. The molecule has 0 bridgehead atoms. The molecular formula is C8H15N. The molecule has 0 aromatic rings. The van der Waals surface area contributed by atoms with E-state index in [1.807, 2.05) is 0 Å². The molecule has 1 N–H and O–H groups in total. The van der Waals surface area contributed by atoms with Gasteiger partial charge >= 0.3 is 0 Å². The van der Waals surface area contributed by atoms with Gasteiger partial charge in [-0.2, -0.15) is 0 Å². The summed E-state index contributed by atoms with van der Waals surface area (Å²) in [4.78, 5) is 0. The highest BCUT2D eigenvalue weighted by Gasteiger charge is 2.22. The van der Waals surface area contributed by atoms with Crippen LogP contribution in [0.3, 0.4) is 0 Å². The predicted molar refractivity (Wildman–Crippen MR) is 40.4 cm³/mol. The van der Waals surface area contributed by atoms with Crippen molar-refractivity contribution in [2.45, 2.75) is 26.3 Å². The zero-order valence-electron chi connectivity index (χ0n) is 6.28. The second kappa shape index (κ2) is 2.53. The van der Waals surface area contributed by atoms with Crippen LogP contribution in [-0.4, -0.2) is 12.6 Å². The first-order valence-corrected chi connectivity index (χ1v) is 3.61. The summed E-state index contributed by atoms with van der Waals surface area (Å²) in [7, 11) is 0. The lowest BCUT2D eigenvalue weighted by molar-refractivity contribution is 0.633. The molecule has 1 fully saturated rings. The van der Waals surface area contributed by atoms with E-state index in [9.17, 15) is 0 Å². The second-order valence-corrected chi connectivity index (χ2v) is 3.22. The van der Waals surface area contributed by atoms with E-state index in [1.54, 1.807) is 0 Å². The molecule has 0 saturated carbocycles. The molecule has 1 aliphatic heterocycles. The van der Waals surface area contributed by atoms with Gasteiger partial charge in [0.1, 0.15) is 0 Å². The molecule has 1 atom stereocenters. The summed E-state index contributed by atoms with van der Waals surface area (Å²) in [5.74, 6) is 0.764. The van der Waals surface area contributed by atoms with Crippen LogP contribution >= 0.6 is 0 Å². The van der Waals surface area contributed by atoms with Crippen molar-refractivity contribution in [1.82, 2.24) is 5.32 Å². The Balaban J connectivity index is 2.18. The van der Waals surface area contributed by atoms with Crippen molar-refractivity contribution in [2.24, 2.45) is 5.92 Å². The largest absolute Gasteiger partial charge is 0.307 e. The average molecular weight is 125 g/mol. The van der Waals surface area contributed by atoms with Crippen molar-refractivity contribution in [1.29, 1.82) is 0 Å². The first-order valence-electron chi connectivity index (χ1n) is 3.61. The summed E-state index contributed by atoms with van der Waals surface area (Å²) in [6, 6.07) is 0.660.